The van der Waals surface area contributed by atoms with Crippen LogP contribution in [0.3, 0.4) is 0 Å². The lowest BCUT2D eigenvalue weighted by atomic mass is 10.00. The Balaban J connectivity index is 1.87. The molecule has 0 spiro atoms. The number of nitrogens with one attached hydrogen (secondary N) is 1. The van der Waals surface area contributed by atoms with E-state index in [1.54, 1.807) is 12.1 Å². The zero-order valence-electron chi connectivity index (χ0n) is 12.1. The van der Waals surface area contributed by atoms with Gasteiger partial charge >= 0.3 is 0 Å². The van der Waals surface area contributed by atoms with Crippen LogP contribution in [-0.4, -0.2) is 12.6 Å². The molecule has 0 aliphatic carbocycles. The molecule has 2 nitrogen and oxygen atoms in total. The first-order valence-corrected chi connectivity index (χ1v) is 7.11. The fraction of sp³-hybridized carbons (Fsp3) is 0.278. The predicted molar refractivity (Wildman–Crippen MR) is 82.4 cm³/mol. The van der Waals surface area contributed by atoms with E-state index in [-0.39, 0.29) is 17.8 Å². The number of rotatable bonds is 6. The maximum Gasteiger partial charge on any atom is 0.123 e. The molecule has 3 heteroatoms. The molecule has 0 aromatic heterocycles. The van der Waals surface area contributed by atoms with E-state index in [2.05, 4.69) is 18.3 Å². The van der Waals surface area contributed by atoms with Crippen molar-refractivity contribution in [3.63, 3.8) is 0 Å². The van der Waals surface area contributed by atoms with Crippen LogP contribution in [-0.2, 0) is 6.42 Å². The molecule has 0 radical (unpaired) electrons. The van der Waals surface area contributed by atoms with Crippen LogP contribution in [0, 0.1) is 17.1 Å². The highest BCUT2D eigenvalue weighted by atomic mass is 19.1. The Morgan fingerprint density at radius 2 is 1.76 bits per heavy atom. The van der Waals surface area contributed by atoms with Gasteiger partial charge in [-0.15, -0.1) is 0 Å². The Labute approximate surface area is 125 Å². The standard InChI is InChI=1S/C18H19FN2/c1-14(11-15-7-9-18(19)10-8-15)21-13-17(12-20)16-5-3-2-4-6-16/h2-10,14,17,21H,11,13H2,1H3. The molecular weight excluding hydrogens is 263 g/mol. The highest BCUT2D eigenvalue weighted by molar-refractivity contribution is 5.25. The highest BCUT2D eigenvalue weighted by Gasteiger charge is 2.11. The third kappa shape index (κ3) is 4.70. The summed E-state index contributed by atoms with van der Waals surface area (Å²) in [5.41, 5.74) is 2.12. The van der Waals surface area contributed by atoms with Gasteiger partial charge in [-0.1, -0.05) is 42.5 Å². The van der Waals surface area contributed by atoms with E-state index in [9.17, 15) is 9.65 Å². The number of nitriles is 1. The van der Waals surface area contributed by atoms with Gasteiger partial charge in [0.25, 0.3) is 0 Å². The van der Waals surface area contributed by atoms with Gasteiger partial charge in [-0.3, -0.25) is 0 Å². The maximum atomic E-state index is 12.9. The smallest absolute Gasteiger partial charge is 0.123 e. The van der Waals surface area contributed by atoms with Crippen LogP contribution < -0.4 is 5.32 Å². The molecule has 2 rings (SSSR count). The van der Waals surface area contributed by atoms with E-state index in [1.165, 1.54) is 12.1 Å². The Hall–Kier alpha value is -2.18. The third-order valence-electron chi connectivity index (χ3n) is 3.48. The quantitative estimate of drug-likeness (QED) is 0.877. The van der Waals surface area contributed by atoms with Crippen LogP contribution in [0.2, 0.25) is 0 Å². The van der Waals surface area contributed by atoms with Crippen LogP contribution >= 0.6 is 0 Å². The second-order valence-corrected chi connectivity index (χ2v) is 5.23. The molecule has 0 fully saturated rings. The van der Waals surface area contributed by atoms with Crippen LogP contribution in [0.15, 0.2) is 54.6 Å². The molecule has 2 aromatic carbocycles. The Kier molecular flexibility index (Phi) is 5.48. The van der Waals surface area contributed by atoms with Gasteiger partial charge < -0.3 is 5.32 Å². The monoisotopic (exact) mass is 282 g/mol. The molecule has 0 aliphatic rings. The van der Waals surface area contributed by atoms with Gasteiger partial charge in [0.1, 0.15) is 5.82 Å². The third-order valence-corrected chi connectivity index (χ3v) is 3.48. The lowest BCUT2D eigenvalue weighted by Gasteiger charge is -2.17. The highest BCUT2D eigenvalue weighted by Crippen LogP contribution is 2.14. The van der Waals surface area contributed by atoms with Crippen molar-refractivity contribution in [3.8, 4) is 6.07 Å². The van der Waals surface area contributed by atoms with Gasteiger partial charge in [0.05, 0.1) is 12.0 Å². The van der Waals surface area contributed by atoms with Crippen LogP contribution in [0.5, 0.6) is 0 Å². The van der Waals surface area contributed by atoms with Gasteiger partial charge in [-0.25, -0.2) is 4.39 Å². The van der Waals surface area contributed by atoms with Crippen LogP contribution in [0.4, 0.5) is 4.39 Å². The minimum absolute atomic E-state index is 0.151. The topological polar surface area (TPSA) is 35.8 Å². The van der Waals surface area contributed by atoms with Crippen molar-refractivity contribution in [1.29, 1.82) is 5.26 Å². The average molecular weight is 282 g/mol. The summed E-state index contributed by atoms with van der Waals surface area (Å²) in [5.74, 6) is -0.366. The number of halogens is 1. The van der Waals surface area contributed by atoms with Crippen molar-refractivity contribution >= 4 is 0 Å². The van der Waals surface area contributed by atoms with Gasteiger partial charge in [-0.2, -0.15) is 5.26 Å². The minimum atomic E-state index is -0.215. The molecule has 0 saturated heterocycles. The van der Waals surface area contributed by atoms with Gasteiger partial charge in [0.15, 0.2) is 0 Å². The molecular formula is C18H19FN2. The van der Waals surface area contributed by atoms with E-state index in [0.717, 1.165) is 17.5 Å². The zero-order chi connectivity index (χ0) is 15.1. The normalized spacial score (nSPS) is 13.4. The number of nitrogens with zero attached hydrogens (tertiary/aromatic N) is 1. The summed E-state index contributed by atoms with van der Waals surface area (Å²) in [6, 6.07) is 18.9. The summed E-state index contributed by atoms with van der Waals surface area (Å²) in [4.78, 5) is 0. The number of hydrogen-bond donors (Lipinski definition) is 1. The van der Waals surface area contributed by atoms with E-state index in [1.807, 2.05) is 30.3 Å². The number of hydrogen-bond acceptors (Lipinski definition) is 2. The van der Waals surface area contributed by atoms with Gasteiger partial charge in [-0.05, 0) is 36.6 Å². The van der Waals surface area contributed by atoms with Crippen molar-refractivity contribution < 1.29 is 4.39 Å². The van der Waals surface area contributed by atoms with Crippen molar-refractivity contribution in [2.75, 3.05) is 6.54 Å². The lowest BCUT2D eigenvalue weighted by molar-refractivity contribution is 0.533. The second kappa shape index (κ2) is 7.56. The Morgan fingerprint density at radius 1 is 1.10 bits per heavy atom. The summed E-state index contributed by atoms with van der Waals surface area (Å²) >= 11 is 0. The minimum Gasteiger partial charge on any atom is -0.312 e. The van der Waals surface area contributed by atoms with Gasteiger partial charge in [0.2, 0.25) is 0 Å². The first-order chi connectivity index (χ1) is 10.2. The fourth-order valence-electron chi connectivity index (χ4n) is 2.29. The second-order valence-electron chi connectivity index (χ2n) is 5.23. The molecule has 0 saturated carbocycles. The summed E-state index contributed by atoms with van der Waals surface area (Å²) < 4.78 is 12.9. The average Bonchev–Trinajstić information content (AvgIpc) is 2.51. The van der Waals surface area contributed by atoms with E-state index >= 15 is 0 Å². The van der Waals surface area contributed by atoms with Crippen molar-refractivity contribution in [3.05, 3.63) is 71.5 Å². The van der Waals surface area contributed by atoms with Crippen molar-refractivity contribution in [2.45, 2.75) is 25.3 Å². The van der Waals surface area contributed by atoms with Gasteiger partial charge in [0, 0.05) is 12.6 Å². The molecule has 0 amide bonds. The summed E-state index contributed by atoms with van der Waals surface area (Å²) in [6.45, 7) is 2.69. The summed E-state index contributed by atoms with van der Waals surface area (Å²) in [7, 11) is 0. The molecule has 1 N–H and O–H groups in total. The predicted octanol–water partition coefficient (Wildman–Crippen LogP) is 3.65. The Morgan fingerprint density at radius 3 is 2.38 bits per heavy atom. The molecule has 0 bridgehead atoms. The molecule has 21 heavy (non-hydrogen) atoms. The first kappa shape index (κ1) is 15.2. The van der Waals surface area contributed by atoms with Crippen LogP contribution in [0.25, 0.3) is 0 Å². The van der Waals surface area contributed by atoms with Crippen molar-refractivity contribution in [1.82, 2.24) is 5.32 Å². The largest absolute Gasteiger partial charge is 0.312 e. The maximum absolute atomic E-state index is 12.9. The fourth-order valence-corrected chi connectivity index (χ4v) is 2.29. The van der Waals surface area contributed by atoms with E-state index < -0.39 is 0 Å². The summed E-state index contributed by atoms with van der Waals surface area (Å²) in [5, 5.41) is 12.7. The molecule has 0 heterocycles. The Bertz CT molecular complexity index is 587. The molecule has 2 aromatic rings. The molecule has 108 valence electrons. The zero-order valence-corrected chi connectivity index (χ0v) is 12.1. The first-order valence-electron chi connectivity index (χ1n) is 7.11. The van der Waals surface area contributed by atoms with Crippen LogP contribution in [0.1, 0.15) is 24.0 Å². The lowest BCUT2D eigenvalue weighted by Crippen LogP contribution is -2.31. The SMILES string of the molecule is CC(Cc1ccc(F)cc1)NCC(C#N)c1ccccc1. The molecule has 0 aliphatic heterocycles. The molecule has 2 unspecified atom stereocenters. The molecule has 2 atom stereocenters. The van der Waals surface area contributed by atoms with E-state index in [4.69, 9.17) is 0 Å². The number of benzene rings is 2. The van der Waals surface area contributed by atoms with Crippen molar-refractivity contribution in [2.24, 2.45) is 0 Å². The van der Waals surface area contributed by atoms with E-state index in [0.29, 0.717) is 6.54 Å². The summed E-state index contributed by atoms with van der Waals surface area (Å²) in [6.07, 6.45) is 0.813.